The zero-order valence-electron chi connectivity index (χ0n) is 11.2. The minimum absolute atomic E-state index is 0.302. The van der Waals surface area contributed by atoms with Crippen LogP contribution in [0, 0.1) is 0 Å². The smallest absolute Gasteiger partial charge is 0.378 e. The normalized spacial score (nSPS) is 17.4. The lowest BCUT2D eigenvalue weighted by molar-refractivity contribution is -0.118. The van der Waals surface area contributed by atoms with Gasteiger partial charge in [0.1, 0.15) is 5.70 Å². The minimum atomic E-state index is -4.30. The molecule has 0 unspecified atom stereocenters. The number of alkyl halides is 3. The predicted molar refractivity (Wildman–Crippen MR) is 71.3 cm³/mol. The van der Waals surface area contributed by atoms with Crippen LogP contribution in [0.3, 0.4) is 0 Å². The Balaban J connectivity index is 2.01. The van der Waals surface area contributed by atoms with E-state index in [1.165, 1.54) is 11.0 Å². The topological polar surface area (TPSA) is 12.5 Å². The Kier molecular flexibility index (Phi) is 5.06. The number of benzene rings is 1. The van der Waals surface area contributed by atoms with Crippen molar-refractivity contribution in [1.29, 1.82) is 0 Å². The van der Waals surface area contributed by atoms with Crippen molar-refractivity contribution in [2.24, 2.45) is 0 Å². The van der Waals surface area contributed by atoms with Crippen LogP contribution in [0.1, 0.15) is 12.0 Å². The quantitative estimate of drug-likeness (QED) is 0.840. The van der Waals surface area contributed by atoms with E-state index in [9.17, 15) is 13.2 Å². The van der Waals surface area contributed by atoms with Gasteiger partial charge in [-0.3, -0.25) is 0 Å². The Morgan fingerprint density at radius 3 is 2.40 bits per heavy atom. The number of nitrogens with zero attached hydrogens (tertiary/aromatic N) is 1. The Hall–Kier alpha value is -1.49. The number of hydrogen-bond acceptors (Lipinski definition) is 2. The van der Waals surface area contributed by atoms with Crippen molar-refractivity contribution in [3.05, 3.63) is 47.7 Å². The van der Waals surface area contributed by atoms with Gasteiger partial charge in [-0.15, -0.1) is 0 Å². The molecule has 1 fully saturated rings. The summed E-state index contributed by atoms with van der Waals surface area (Å²) in [5.74, 6) is 0. The van der Waals surface area contributed by atoms with Crippen molar-refractivity contribution in [1.82, 2.24) is 4.90 Å². The fraction of sp³-hybridized carbons (Fsp3) is 0.467. The van der Waals surface area contributed by atoms with Crippen LogP contribution in [-0.4, -0.2) is 37.4 Å². The van der Waals surface area contributed by atoms with Crippen LogP contribution in [0.15, 0.2) is 42.1 Å². The van der Waals surface area contributed by atoms with Crippen molar-refractivity contribution in [2.45, 2.75) is 19.0 Å². The Morgan fingerprint density at radius 1 is 1.15 bits per heavy atom. The maximum Gasteiger partial charge on any atom is 0.430 e. The average Bonchev–Trinajstić information content (AvgIpc) is 2.44. The zero-order chi connectivity index (χ0) is 14.4. The molecular formula is C15H18F3NO. The molecule has 0 atom stereocenters. The highest BCUT2D eigenvalue weighted by molar-refractivity contribution is 5.16. The van der Waals surface area contributed by atoms with E-state index in [-0.39, 0.29) is 0 Å². The minimum Gasteiger partial charge on any atom is -0.378 e. The summed E-state index contributed by atoms with van der Waals surface area (Å²) in [5, 5.41) is 0. The highest BCUT2D eigenvalue weighted by atomic mass is 19.4. The van der Waals surface area contributed by atoms with E-state index in [1.807, 2.05) is 30.3 Å². The summed E-state index contributed by atoms with van der Waals surface area (Å²) in [4.78, 5) is 1.37. The second-order valence-corrected chi connectivity index (χ2v) is 4.71. The van der Waals surface area contributed by atoms with Gasteiger partial charge < -0.3 is 9.64 Å². The van der Waals surface area contributed by atoms with Gasteiger partial charge in [-0.1, -0.05) is 36.4 Å². The number of rotatable bonds is 4. The summed E-state index contributed by atoms with van der Waals surface area (Å²) < 4.78 is 44.3. The first-order valence-corrected chi connectivity index (χ1v) is 6.71. The van der Waals surface area contributed by atoms with Crippen LogP contribution >= 0.6 is 0 Å². The lowest BCUT2D eigenvalue weighted by Gasteiger charge is -2.32. The molecule has 0 N–H and O–H groups in total. The number of ether oxygens (including phenoxy) is 1. The van der Waals surface area contributed by atoms with E-state index >= 15 is 0 Å². The largest absolute Gasteiger partial charge is 0.430 e. The van der Waals surface area contributed by atoms with E-state index in [4.69, 9.17) is 4.74 Å². The summed E-state index contributed by atoms with van der Waals surface area (Å²) >= 11 is 0. The van der Waals surface area contributed by atoms with Gasteiger partial charge in [0, 0.05) is 13.1 Å². The fourth-order valence-corrected chi connectivity index (χ4v) is 2.25. The Bertz CT molecular complexity index is 436. The maximum atomic E-state index is 13.1. The summed E-state index contributed by atoms with van der Waals surface area (Å²) in [6.45, 7) is 1.31. The number of halogens is 3. The summed E-state index contributed by atoms with van der Waals surface area (Å²) in [7, 11) is 0. The van der Waals surface area contributed by atoms with E-state index in [1.54, 1.807) is 0 Å². The Morgan fingerprint density at radius 2 is 1.80 bits per heavy atom. The van der Waals surface area contributed by atoms with Gasteiger partial charge in [0.15, 0.2) is 0 Å². The molecule has 1 saturated heterocycles. The van der Waals surface area contributed by atoms with Crippen LogP contribution < -0.4 is 0 Å². The summed E-state index contributed by atoms with van der Waals surface area (Å²) in [6.07, 6.45) is -1.99. The molecule has 1 aliphatic heterocycles. The molecule has 0 saturated carbocycles. The molecule has 2 rings (SSSR count). The molecular weight excluding hydrogens is 267 g/mol. The molecule has 0 aliphatic carbocycles. The molecule has 1 aromatic rings. The number of aryl methyl sites for hydroxylation is 1. The zero-order valence-corrected chi connectivity index (χ0v) is 11.2. The molecule has 0 bridgehead atoms. The van der Waals surface area contributed by atoms with E-state index in [0.717, 1.165) is 5.56 Å². The van der Waals surface area contributed by atoms with Gasteiger partial charge in [0.2, 0.25) is 0 Å². The first kappa shape index (κ1) is 14.9. The van der Waals surface area contributed by atoms with Crippen molar-refractivity contribution in [2.75, 3.05) is 26.3 Å². The third-order valence-corrected chi connectivity index (χ3v) is 3.26. The summed E-state index contributed by atoms with van der Waals surface area (Å²) in [6, 6.07) is 9.54. The van der Waals surface area contributed by atoms with Gasteiger partial charge >= 0.3 is 6.18 Å². The SMILES string of the molecule is FC(F)(F)/C(=C/CCc1ccccc1)N1CCOCC1. The fourth-order valence-electron chi connectivity index (χ4n) is 2.25. The first-order chi connectivity index (χ1) is 9.57. The third-order valence-electron chi connectivity index (χ3n) is 3.26. The van der Waals surface area contributed by atoms with E-state index in [2.05, 4.69) is 0 Å². The molecule has 2 nitrogen and oxygen atoms in total. The van der Waals surface area contributed by atoms with Crippen LogP contribution in [0.2, 0.25) is 0 Å². The van der Waals surface area contributed by atoms with Crippen molar-refractivity contribution in [3.8, 4) is 0 Å². The van der Waals surface area contributed by atoms with Crippen LogP contribution in [0.4, 0.5) is 13.2 Å². The number of allylic oxidation sites excluding steroid dienone is 2. The molecule has 0 radical (unpaired) electrons. The van der Waals surface area contributed by atoms with Gasteiger partial charge in [0.25, 0.3) is 0 Å². The van der Waals surface area contributed by atoms with Gasteiger partial charge in [-0.05, 0) is 18.4 Å². The molecule has 20 heavy (non-hydrogen) atoms. The molecule has 5 heteroatoms. The van der Waals surface area contributed by atoms with Gasteiger partial charge in [-0.2, -0.15) is 13.2 Å². The van der Waals surface area contributed by atoms with Gasteiger partial charge in [-0.25, -0.2) is 0 Å². The maximum absolute atomic E-state index is 13.1. The molecule has 1 aliphatic rings. The van der Waals surface area contributed by atoms with Crippen molar-refractivity contribution >= 4 is 0 Å². The molecule has 1 aromatic carbocycles. The number of hydrogen-bond donors (Lipinski definition) is 0. The van der Waals surface area contributed by atoms with Crippen LogP contribution in [0.5, 0.6) is 0 Å². The lowest BCUT2D eigenvalue weighted by Crippen LogP contribution is -2.40. The standard InChI is InChI=1S/C15H18F3NO/c16-15(17,18)14(19-9-11-20-12-10-19)8-4-7-13-5-2-1-3-6-13/h1-3,5-6,8H,4,7,9-12H2/b14-8-. The van der Waals surface area contributed by atoms with Crippen LogP contribution in [0.25, 0.3) is 0 Å². The molecule has 0 amide bonds. The second-order valence-electron chi connectivity index (χ2n) is 4.71. The Labute approximate surface area is 116 Å². The van der Waals surface area contributed by atoms with E-state index < -0.39 is 11.9 Å². The molecule has 0 spiro atoms. The average molecular weight is 285 g/mol. The third kappa shape index (κ3) is 4.27. The second kappa shape index (κ2) is 6.79. The number of morpholine rings is 1. The molecule has 110 valence electrons. The highest BCUT2D eigenvalue weighted by Gasteiger charge is 2.37. The first-order valence-electron chi connectivity index (χ1n) is 6.71. The summed E-state index contributed by atoms with van der Waals surface area (Å²) in [5.41, 5.74) is 0.518. The monoisotopic (exact) mass is 285 g/mol. The molecule has 1 heterocycles. The van der Waals surface area contributed by atoms with E-state index in [0.29, 0.717) is 39.1 Å². The predicted octanol–water partition coefficient (Wildman–Crippen LogP) is 3.40. The van der Waals surface area contributed by atoms with Crippen molar-refractivity contribution < 1.29 is 17.9 Å². The van der Waals surface area contributed by atoms with Crippen molar-refractivity contribution in [3.63, 3.8) is 0 Å². The van der Waals surface area contributed by atoms with Crippen LogP contribution in [-0.2, 0) is 11.2 Å². The highest BCUT2D eigenvalue weighted by Crippen LogP contribution is 2.29. The van der Waals surface area contributed by atoms with Gasteiger partial charge in [0.05, 0.1) is 13.2 Å². The lowest BCUT2D eigenvalue weighted by atomic mass is 10.1. The molecule has 0 aromatic heterocycles.